The van der Waals surface area contributed by atoms with Crippen LogP contribution in [0.3, 0.4) is 0 Å². The van der Waals surface area contributed by atoms with Gasteiger partial charge in [0, 0.05) is 6.54 Å². The second kappa shape index (κ2) is 6.28. The maximum absolute atomic E-state index is 12.1. The minimum absolute atomic E-state index is 0.158. The van der Waals surface area contributed by atoms with E-state index in [-0.39, 0.29) is 5.91 Å². The van der Waals surface area contributed by atoms with Gasteiger partial charge in [0.1, 0.15) is 5.69 Å². The molecule has 1 amide bonds. The van der Waals surface area contributed by atoms with Crippen LogP contribution in [0.15, 0.2) is 30.3 Å². The molecule has 0 atom stereocenters. The van der Waals surface area contributed by atoms with Crippen LogP contribution < -0.4 is 5.32 Å². The van der Waals surface area contributed by atoms with Gasteiger partial charge in [0.25, 0.3) is 5.91 Å². The van der Waals surface area contributed by atoms with Crippen molar-refractivity contribution in [1.29, 1.82) is 0 Å². The predicted molar refractivity (Wildman–Crippen MR) is 78.7 cm³/mol. The lowest BCUT2D eigenvalue weighted by Gasteiger charge is -2.08. The summed E-state index contributed by atoms with van der Waals surface area (Å²) >= 11 is 0. The van der Waals surface area contributed by atoms with Gasteiger partial charge in [0.2, 0.25) is 0 Å². The Labute approximate surface area is 119 Å². The lowest BCUT2D eigenvalue weighted by atomic mass is 10.1. The Morgan fingerprint density at radius 3 is 2.35 bits per heavy atom. The normalized spacial score (nSPS) is 10.3. The number of benzene rings is 1. The predicted octanol–water partition coefficient (Wildman–Crippen LogP) is 2.37. The summed E-state index contributed by atoms with van der Waals surface area (Å²) in [5.41, 5.74) is 3.95. The molecule has 20 heavy (non-hydrogen) atoms. The van der Waals surface area contributed by atoms with Crippen LogP contribution in [0.25, 0.3) is 0 Å². The van der Waals surface area contributed by atoms with E-state index >= 15 is 0 Å². The standard InChI is InChI=1S/C16H19N3O/c1-11-12(2)19-15(13(3)18-11)16(20)17-10-9-14-7-5-4-6-8-14/h4-8H,9-10H2,1-3H3,(H,17,20). The molecule has 1 N–H and O–H groups in total. The first-order valence-corrected chi connectivity index (χ1v) is 6.72. The van der Waals surface area contributed by atoms with Crippen molar-refractivity contribution < 1.29 is 4.79 Å². The molecule has 0 aliphatic carbocycles. The van der Waals surface area contributed by atoms with Gasteiger partial charge in [-0.2, -0.15) is 0 Å². The number of hydrogen-bond acceptors (Lipinski definition) is 3. The molecule has 0 spiro atoms. The molecule has 0 unspecified atom stereocenters. The monoisotopic (exact) mass is 269 g/mol. The van der Waals surface area contributed by atoms with Gasteiger partial charge < -0.3 is 5.32 Å². The highest BCUT2D eigenvalue weighted by Crippen LogP contribution is 2.07. The Morgan fingerprint density at radius 2 is 1.65 bits per heavy atom. The van der Waals surface area contributed by atoms with Crippen LogP contribution in [0, 0.1) is 20.8 Å². The fourth-order valence-corrected chi connectivity index (χ4v) is 1.98. The molecule has 0 saturated carbocycles. The lowest BCUT2D eigenvalue weighted by molar-refractivity contribution is 0.0947. The van der Waals surface area contributed by atoms with Crippen molar-refractivity contribution in [2.45, 2.75) is 27.2 Å². The Balaban J connectivity index is 1.97. The van der Waals surface area contributed by atoms with Crippen molar-refractivity contribution in [3.63, 3.8) is 0 Å². The highest BCUT2D eigenvalue weighted by Gasteiger charge is 2.13. The highest BCUT2D eigenvalue weighted by atomic mass is 16.1. The number of nitrogens with zero attached hydrogens (tertiary/aromatic N) is 2. The van der Waals surface area contributed by atoms with Gasteiger partial charge in [-0.3, -0.25) is 9.78 Å². The summed E-state index contributed by atoms with van der Waals surface area (Å²) < 4.78 is 0. The first-order chi connectivity index (χ1) is 9.58. The summed E-state index contributed by atoms with van der Waals surface area (Å²) in [6.45, 7) is 6.16. The summed E-state index contributed by atoms with van der Waals surface area (Å²) in [6.07, 6.45) is 0.809. The van der Waals surface area contributed by atoms with Crippen LogP contribution in [0.5, 0.6) is 0 Å². The fourth-order valence-electron chi connectivity index (χ4n) is 1.98. The summed E-state index contributed by atoms with van der Waals surface area (Å²) in [5, 5.41) is 2.89. The Morgan fingerprint density at radius 1 is 1.00 bits per heavy atom. The molecule has 1 aromatic heterocycles. The first kappa shape index (κ1) is 14.2. The zero-order valence-corrected chi connectivity index (χ0v) is 12.1. The number of nitrogens with one attached hydrogen (secondary N) is 1. The fraction of sp³-hybridized carbons (Fsp3) is 0.312. The van der Waals surface area contributed by atoms with Gasteiger partial charge in [-0.05, 0) is 32.8 Å². The molecule has 4 nitrogen and oxygen atoms in total. The van der Waals surface area contributed by atoms with Gasteiger partial charge >= 0.3 is 0 Å². The third-order valence-electron chi connectivity index (χ3n) is 3.24. The number of rotatable bonds is 4. The highest BCUT2D eigenvalue weighted by molar-refractivity contribution is 5.93. The molecular weight excluding hydrogens is 250 g/mol. The van der Waals surface area contributed by atoms with Crippen LogP contribution >= 0.6 is 0 Å². The third kappa shape index (κ3) is 3.41. The quantitative estimate of drug-likeness (QED) is 0.927. The summed E-state index contributed by atoms with van der Waals surface area (Å²) in [5.74, 6) is -0.158. The zero-order chi connectivity index (χ0) is 14.5. The molecule has 0 aliphatic rings. The second-order valence-electron chi connectivity index (χ2n) is 4.82. The van der Waals surface area contributed by atoms with E-state index in [2.05, 4.69) is 15.3 Å². The Kier molecular flexibility index (Phi) is 4.45. The SMILES string of the molecule is Cc1nc(C)c(C(=O)NCCc2ccccc2)nc1C. The van der Waals surface area contributed by atoms with Crippen molar-refractivity contribution in [1.82, 2.24) is 15.3 Å². The topological polar surface area (TPSA) is 54.9 Å². The van der Waals surface area contributed by atoms with E-state index in [1.807, 2.05) is 51.1 Å². The van der Waals surface area contributed by atoms with Crippen LogP contribution in [0.4, 0.5) is 0 Å². The van der Waals surface area contributed by atoms with Crippen LogP contribution in [0.1, 0.15) is 33.1 Å². The van der Waals surface area contributed by atoms with E-state index in [0.717, 1.165) is 17.8 Å². The molecule has 104 valence electrons. The molecule has 2 rings (SSSR count). The average Bonchev–Trinajstić information content (AvgIpc) is 2.44. The Hall–Kier alpha value is -2.23. The van der Waals surface area contributed by atoms with Crippen molar-refractivity contribution in [3.05, 3.63) is 58.7 Å². The molecule has 0 bridgehead atoms. The maximum Gasteiger partial charge on any atom is 0.271 e. The average molecular weight is 269 g/mol. The van der Waals surface area contributed by atoms with E-state index in [1.165, 1.54) is 5.56 Å². The van der Waals surface area contributed by atoms with Crippen molar-refractivity contribution in [3.8, 4) is 0 Å². The molecule has 0 fully saturated rings. The molecule has 4 heteroatoms. The first-order valence-electron chi connectivity index (χ1n) is 6.72. The maximum atomic E-state index is 12.1. The Bertz CT molecular complexity index is 609. The zero-order valence-electron chi connectivity index (χ0n) is 12.1. The number of aryl methyl sites for hydroxylation is 3. The van der Waals surface area contributed by atoms with Gasteiger partial charge in [-0.1, -0.05) is 30.3 Å². The van der Waals surface area contributed by atoms with Gasteiger partial charge in [-0.15, -0.1) is 0 Å². The van der Waals surface area contributed by atoms with E-state index < -0.39 is 0 Å². The van der Waals surface area contributed by atoms with Gasteiger partial charge in [0.05, 0.1) is 17.1 Å². The number of carbonyl (C=O) groups is 1. The van der Waals surface area contributed by atoms with Gasteiger partial charge in [-0.25, -0.2) is 4.98 Å². The van der Waals surface area contributed by atoms with E-state index in [4.69, 9.17) is 0 Å². The summed E-state index contributed by atoms with van der Waals surface area (Å²) in [4.78, 5) is 20.8. The minimum Gasteiger partial charge on any atom is -0.350 e. The number of aromatic nitrogens is 2. The smallest absolute Gasteiger partial charge is 0.271 e. The van der Waals surface area contributed by atoms with Crippen molar-refractivity contribution >= 4 is 5.91 Å². The van der Waals surface area contributed by atoms with Gasteiger partial charge in [0.15, 0.2) is 0 Å². The third-order valence-corrected chi connectivity index (χ3v) is 3.24. The number of hydrogen-bond donors (Lipinski definition) is 1. The molecule has 0 radical (unpaired) electrons. The van der Waals surface area contributed by atoms with Crippen LogP contribution in [0.2, 0.25) is 0 Å². The van der Waals surface area contributed by atoms with E-state index in [9.17, 15) is 4.79 Å². The van der Waals surface area contributed by atoms with Crippen molar-refractivity contribution in [2.75, 3.05) is 6.54 Å². The largest absolute Gasteiger partial charge is 0.350 e. The summed E-state index contributed by atoms with van der Waals surface area (Å²) in [6, 6.07) is 10.1. The summed E-state index contributed by atoms with van der Waals surface area (Å²) in [7, 11) is 0. The van der Waals surface area contributed by atoms with Crippen molar-refractivity contribution in [2.24, 2.45) is 0 Å². The lowest BCUT2D eigenvalue weighted by Crippen LogP contribution is -2.28. The van der Waals surface area contributed by atoms with Crippen LogP contribution in [-0.2, 0) is 6.42 Å². The van der Waals surface area contributed by atoms with Crippen LogP contribution in [-0.4, -0.2) is 22.4 Å². The number of amides is 1. The molecule has 2 aromatic rings. The molecular formula is C16H19N3O. The molecule has 1 aromatic carbocycles. The van der Waals surface area contributed by atoms with E-state index in [0.29, 0.717) is 17.9 Å². The second-order valence-corrected chi connectivity index (χ2v) is 4.82. The van der Waals surface area contributed by atoms with E-state index in [1.54, 1.807) is 0 Å². The minimum atomic E-state index is -0.158. The number of carbonyl (C=O) groups excluding carboxylic acids is 1. The molecule has 0 saturated heterocycles. The molecule has 1 heterocycles. The molecule has 0 aliphatic heterocycles.